The van der Waals surface area contributed by atoms with Crippen LogP contribution in [0.1, 0.15) is 24.3 Å². The Morgan fingerprint density at radius 3 is 2.56 bits per heavy atom. The number of hydrogen-bond donors (Lipinski definition) is 1. The first kappa shape index (κ1) is 14.4. The molecular formula is C12H20N4O2. The summed E-state index contributed by atoms with van der Waals surface area (Å²) in [5.74, 6) is -0.164. The summed E-state index contributed by atoms with van der Waals surface area (Å²) >= 11 is 0. The van der Waals surface area contributed by atoms with Gasteiger partial charge in [0, 0.05) is 25.2 Å². The largest absolute Gasteiger partial charge is 0.334 e. The zero-order chi connectivity index (χ0) is 13.7. The average molecular weight is 252 g/mol. The molecule has 1 amide bonds. The lowest BCUT2D eigenvalue weighted by atomic mass is 10.2. The van der Waals surface area contributed by atoms with Gasteiger partial charge in [-0.25, -0.2) is 5.10 Å². The minimum atomic E-state index is -0.309. The molecule has 0 aromatic carbocycles. The molecule has 1 atom stereocenters. The maximum Gasteiger partial charge on any atom is 0.274 e. The number of nitrogens with zero attached hydrogens (tertiary/aromatic N) is 3. The number of carbonyl (C=O) groups excluding carboxylic acids is 1. The number of likely N-dealkylation sites (N-methyl/N-ethyl adjacent to an activating group) is 2. The Bertz CT molecular complexity index is 435. The summed E-state index contributed by atoms with van der Waals surface area (Å²) in [7, 11) is 3.93. The fourth-order valence-electron chi connectivity index (χ4n) is 1.89. The lowest BCUT2D eigenvalue weighted by molar-refractivity contribution is 0.0671. The molecule has 0 aliphatic carbocycles. The molecule has 1 aromatic heterocycles. The molecular weight excluding hydrogens is 232 g/mol. The summed E-state index contributed by atoms with van der Waals surface area (Å²) in [6.07, 6.45) is 0. The van der Waals surface area contributed by atoms with Crippen molar-refractivity contribution in [2.75, 3.05) is 27.2 Å². The van der Waals surface area contributed by atoms with Gasteiger partial charge in [-0.15, -0.1) is 0 Å². The molecule has 0 aliphatic heterocycles. The molecule has 0 aliphatic rings. The standard InChI is InChI=1S/C12H20N4O2/c1-5-16(9(2)8-15(3)4)12(18)10-6-7-11(17)14-13-10/h6-7,9H,5,8H2,1-4H3,(H,14,17). The third-order valence-corrected chi connectivity index (χ3v) is 2.66. The van der Waals surface area contributed by atoms with Gasteiger partial charge in [0.15, 0.2) is 0 Å². The molecule has 0 saturated heterocycles. The summed E-state index contributed by atoms with van der Waals surface area (Å²) in [5.41, 5.74) is -0.0435. The number of aromatic nitrogens is 2. The van der Waals surface area contributed by atoms with Crippen LogP contribution in [0, 0.1) is 0 Å². The Hall–Kier alpha value is -1.69. The minimum absolute atomic E-state index is 0.0891. The maximum atomic E-state index is 12.2. The van der Waals surface area contributed by atoms with E-state index in [0.29, 0.717) is 6.54 Å². The van der Waals surface area contributed by atoms with Crippen molar-refractivity contribution in [3.05, 3.63) is 28.2 Å². The molecule has 1 heterocycles. The first-order chi connectivity index (χ1) is 8.45. The highest BCUT2D eigenvalue weighted by atomic mass is 16.2. The zero-order valence-electron chi connectivity index (χ0n) is 11.3. The van der Waals surface area contributed by atoms with E-state index < -0.39 is 0 Å². The number of H-pyrrole nitrogens is 1. The van der Waals surface area contributed by atoms with Gasteiger partial charge < -0.3 is 9.80 Å². The predicted molar refractivity (Wildman–Crippen MR) is 69.6 cm³/mol. The number of carbonyl (C=O) groups is 1. The number of amides is 1. The minimum Gasteiger partial charge on any atom is -0.334 e. The van der Waals surface area contributed by atoms with Crippen molar-refractivity contribution in [3.63, 3.8) is 0 Å². The van der Waals surface area contributed by atoms with Gasteiger partial charge in [0.25, 0.3) is 11.5 Å². The SMILES string of the molecule is CCN(C(=O)c1ccc(=O)[nH]n1)C(C)CN(C)C. The Morgan fingerprint density at radius 1 is 1.44 bits per heavy atom. The normalized spacial score (nSPS) is 12.5. The van der Waals surface area contributed by atoms with E-state index in [1.807, 2.05) is 32.8 Å². The molecule has 0 fully saturated rings. The lowest BCUT2D eigenvalue weighted by Crippen LogP contribution is -2.44. The van der Waals surface area contributed by atoms with E-state index in [2.05, 4.69) is 10.2 Å². The molecule has 1 unspecified atom stereocenters. The van der Waals surface area contributed by atoms with Gasteiger partial charge in [0.1, 0.15) is 5.69 Å². The summed E-state index contributed by atoms with van der Waals surface area (Å²) < 4.78 is 0. The predicted octanol–water partition coefficient (Wildman–Crippen LogP) is 0.182. The van der Waals surface area contributed by atoms with Gasteiger partial charge in [0.05, 0.1) is 0 Å². The van der Waals surface area contributed by atoms with Crippen LogP contribution in [0.25, 0.3) is 0 Å². The van der Waals surface area contributed by atoms with Gasteiger partial charge in [0.2, 0.25) is 0 Å². The molecule has 6 heteroatoms. The van der Waals surface area contributed by atoms with Crippen LogP contribution in [0.3, 0.4) is 0 Å². The Labute approximate surface area is 107 Å². The number of rotatable bonds is 5. The average Bonchev–Trinajstić information content (AvgIpc) is 2.29. The van der Waals surface area contributed by atoms with E-state index in [-0.39, 0.29) is 23.2 Å². The Kier molecular flexibility index (Phi) is 5.03. The molecule has 1 rings (SSSR count). The van der Waals surface area contributed by atoms with E-state index in [1.54, 1.807) is 4.90 Å². The van der Waals surface area contributed by atoms with Crippen molar-refractivity contribution in [2.45, 2.75) is 19.9 Å². The van der Waals surface area contributed by atoms with E-state index in [0.717, 1.165) is 6.54 Å². The quantitative estimate of drug-likeness (QED) is 0.811. The van der Waals surface area contributed by atoms with Gasteiger partial charge >= 0.3 is 0 Å². The fraction of sp³-hybridized carbons (Fsp3) is 0.583. The molecule has 1 aromatic rings. The van der Waals surface area contributed by atoms with Gasteiger partial charge in [-0.05, 0) is 34.0 Å². The van der Waals surface area contributed by atoms with Crippen LogP contribution in [0.15, 0.2) is 16.9 Å². The van der Waals surface area contributed by atoms with Crippen molar-refractivity contribution in [2.24, 2.45) is 0 Å². The first-order valence-corrected chi connectivity index (χ1v) is 5.97. The molecule has 0 spiro atoms. The molecule has 0 radical (unpaired) electrons. The van der Waals surface area contributed by atoms with Gasteiger partial charge in [-0.2, -0.15) is 5.10 Å². The third-order valence-electron chi connectivity index (χ3n) is 2.66. The number of aromatic amines is 1. The fourth-order valence-corrected chi connectivity index (χ4v) is 1.89. The van der Waals surface area contributed by atoms with Crippen LogP contribution >= 0.6 is 0 Å². The molecule has 0 bridgehead atoms. The Balaban J connectivity index is 2.85. The highest BCUT2D eigenvalue weighted by molar-refractivity contribution is 5.92. The molecule has 6 nitrogen and oxygen atoms in total. The summed E-state index contributed by atoms with van der Waals surface area (Å²) in [5, 5.41) is 6.04. The van der Waals surface area contributed by atoms with Crippen molar-refractivity contribution in [3.8, 4) is 0 Å². The second-order valence-electron chi connectivity index (χ2n) is 4.51. The highest BCUT2D eigenvalue weighted by Crippen LogP contribution is 2.05. The second-order valence-corrected chi connectivity index (χ2v) is 4.51. The van der Waals surface area contributed by atoms with E-state index >= 15 is 0 Å². The van der Waals surface area contributed by atoms with Crippen LogP contribution in [-0.4, -0.2) is 59.1 Å². The molecule has 1 N–H and O–H groups in total. The summed E-state index contributed by atoms with van der Waals surface area (Å²) in [4.78, 5) is 26.9. The van der Waals surface area contributed by atoms with Crippen LogP contribution in [-0.2, 0) is 0 Å². The third kappa shape index (κ3) is 3.66. The second kappa shape index (κ2) is 6.30. The van der Waals surface area contributed by atoms with E-state index in [4.69, 9.17) is 0 Å². The maximum absolute atomic E-state index is 12.2. The topological polar surface area (TPSA) is 69.3 Å². The summed E-state index contributed by atoms with van der Waals surface area (Å²) in [6.45, 7) is 5.31. The van der Waals surface area contributed by atoms with E-state index in [1.165, 1.54) is 12.1 Å². The number of nitrogens with one attached hydrogen (secondary N) is 1. The Morgan fingerprint density at radius 2 is 2.11 bits per heavy atom. The van der Waals surface area contributed by atoms with Gasteiger partial charge in [-0.1, -0.05) is 0 Å². The van der Waals surface area contributed by atoms with Crippen molar-refractivity contribution < 1.29 is 4.79 Å². The smallest absolute Gasteiger partial charge is 0.274 e. The van der Waals surface area contributed by atoms with Crippen LogP contribution < -0.4 is 5.56 Å². The molecule has 100 valence electrons. The van der Waals surface area contributed by atoms with Gasteiger partial charge in [-0.3, -0.25) is 9.59 Å². The van der Waals surface area contributed by atoms with Crippen molar-refractivity contribution in [1.82, 2.24) is 20.0 Å². The molecule has 18 heavy (non-hydrogen) atoms. The monoisotopic (exact) mass is 252 g/mol. The van der Waals surface area contributed by atoms with E-state index in [9.17, 15) is 9.59 Å². The first-order valence-electron chi connectivity index (χ1n) is 5.97. The van der Waals surface area contributed by atoms with Crippen LogP contribution in [0.5, 0.6) is 0 Å². The highest BCUT2D eigenvalue weighted by Gasteiger charge is 2.21. The zero-order valence-corrected chi connectivity index (χ0v) is 11.3. The van der Waals surface area contributed by atoms with Crippen molar-refractivity contribution in [1.29, 1.82) is 0 Å². The van der Waals surface area contributed by atoms with Crippen LogP contribution in [0.2, 0.25) is 0 Å². The lowest BCUT2D eigenvalue weighted by Gasteiger charge is -2.29. The number of hydrogen-bond acceptors (Lipinski definition) is 4. The molecule has 0 saturated carbocycles. The van der Waals surface area contributed by atoms with Crippen molar-refractivity contribution >= 4 is 5.91 Å². The summed E-state index contributed by atoms with van der Waals surface area (Å²) in [6, 6.07) is 2.85. The van der Waals surface area contributed by atoms with Crippen LogP contribution in [0.4, 0.5) is 0 Å².